The first-order chi connectivity index (χ1) is 18.3. The minimum atomic E-state index is 0.692. The molecule has 0 amide bonds. The number of nitrogens with one attached hydrogen (secondary N) is 3. The normalized spacial score (nSPS) is 11.9. The number of aromatic amines is 2. The number of anilines is 1. The van der Waals surface area contributed by atoms with Gasteiger partial charge < -0.3 is 15.2 Å². The average molecular weight is 523 g/mol. The first-order valence-electron chi connectivity index (χ1n) is 12.2. The third kappa shape index (κ3) is 5.20. The average Bonchev–Trinajstić information content (AvgIpc) is 3.60. The largest absolute Gasteiger partial charge is 0.357 e. The van der Waals surface area contributed by atoms with Crippen LogP contribution in [0.4, 0.5) is 5.69 Å². The lowest BCUT2D eigenvalue weighted by Gasteiger charge is -2.14. The Balaban J connectivity index is 1.50. The molecule has 0 radical (unpaired) electrons. The number of fused-ring (bicyclic) bond motifs is 1. The van der Waals surface area contributed by atoms with Gasteiger partial charge in [-0.05, 0) is 52.2 Å². The van der Waals surface area contributed by atoms with E-state index >= 15 is 0 Å². The SMILES string of the molecule is C=C/C=C(/c1ccc(C)s1)c1nc(-c2n[nH]c3cnc(-c4cncc(NC(=C)CN(C)C)c4)cc23)[nH]c1C. The molecule has 192 valence electrons. The van der Waals surface area contributed by atoms with Crippen molar-refractivity contribution in [2.75, 3.05) is 26.0 Å². The fourth-order valence-electron chi connectivity index (χ4n) is 4.34. The zero-order valence-electron chi connectivity index (χ0n) is 22.0. The van der Waals surface area contributed by atoms with E-state index in [-0.39, 0.29) is 0 Å². The number of pyridine rings is 2. The summed E-state index contributed by atoms with van der Waals surface area (Å²) in [4.78, 5) is 21.9. The fourth-order valence-corrected chi connectivity index (χ4v) is 5.23. The second-order valence-electron chi connectivity index (χ2n) is 9.40. The van der Waals surface area contributed by atoms with Gasteiger partial charge in [0.05, 0.1) is 35.0 Å². The number of allylic oxidation sites excluding steroid dienone is 2. The Morgan fingerprint density at radius 1 is 1.16 bits per heavy atom. The Kier molecular flexibility index (Phi) is 7.04. The minimum absolute atomic E-state index is 0.692. The molecule has 0 spiro atoms. The molecule has 0 bridgehead atoms. The molecule has 5 heterocycles. The topological polar surface area (TPSA) is 98.4 Å². The van der Waals surface area contributed by atoms with Crippen LogP contribution in [-0.4, -0.2) is 55.7 Å². The van der Waals surface area contributed by atoms with E-state index in [2.05, 4.69) is 67.6 Å². The number of rotatable bonds is 9. The number of nitrogens with zero attached hydrogens (tertiary/aromatic N) is 5. The van der Waals surface area contributed by atoms with Crippen LogP contribution in [0.15, 0.2) is 73.9 Å². The summed E-state index contributed by atoms with van der Waals surface area (Å²) in [7, 11) is 4.01. The molecule has 0 fully saturated rings. The van der Waals surface area contributed by atoms with Crippen LogP contribution >= 0.6 is 11.3 Å². The first-order valence-corrected chi connectivity index (χ1v) is 13.0. The van der Waals surface area contributed by atoms with Crippen LogP contribution in [0.1, 0.15) is 21.1 Å². The summed E-state index contributed by atoms with van der Waals surface area (Å²) in [5.74, 6) is 0.692. The van der Waals surface area contributed by atoms with Gasteiger partial charge in [0, 0.05) is 50.4 Å². The second kappa shape index (κ2) is 10.6. The van der Waals surface area contributed by atoms with Crippen molar-refractivity contribution >= 4 is 33.5 Å². The van der Waals surface area contributed by atoms with Crippen LogP contribution in [0.3, 0.4) is 0 Å². The van der Waals surface area contributed by atoms with E-state index in [0.717, 1.165) is 67.6 Å². The molecule has 5 aromatic rings. The van der Waals surface area contributed by atoms with E-state index in [9.17, 15) is 0 Å². The standard InChI is InChI=1S/C29H30N8S/c1-7-8-22(26-10-9-18(3)38-26)27-19(4)33-29(34-27)28-23-12-24(31-15-25(23)35-36-28)20-11-21(14-30-13-20)32-17(2)16-37(5)6/h7-15,32H,1-2,16H2,3-6H3,(H,33,34)(H,35,36)/b22-8-. The summed E-state index contributed by atoms with van der Waals surface area (Å²) in [6, 6.07) is 8.28. The molecule has 5 aromatic heterocycles. The highest BCUT2D eigenvalue weighted by Crippen LogP contribution is 2.34. The molecule has 3 N–H and O–H groups in total. The number of hydrogen-bond donors (Lipinski definition) is 3. The molecule has 9 heteroatoms. The number of likely N-dealkylation sites (N-methyl/N-ethyl adjacent to an activating group) is 1. The minimum Gasteiger partial charge on any atom is -0.357 e. The van der Waals surface area contributed by atoms with Crippen molar-refractivity contribution in [3.8, 4) is 22.8 Å². The molecule has 0 aliphatic heterocycles. The van der Waals surface area contributed by atoms with Crippen molar-refractivity contribution in [1.82, 2.24) is 35.0 Å². The van der Waals surface area contributed by atoms with Gasteiger partial charge in [0.1, 0.15) is 5.69 Å². The van der Waals surface area contributed by atoms with Gasteiger partial charge >= 0.3 is 0 Å². The molecule has 0 saturated carbocycles. The Labute approximate surface area is 225 Å². The smallest absolute Gasteiger partial charge is 0.159 e. The van der Waals surface area contributed by atoms with Crippen molar-refractivity contribution in [3.63, 3.8) is 0 Å². The third-order valence-electron chi connectivity index (χ3n) is 5.96. The molecule has 38 heavy (non-hydrogen) atoms. The van der Waals surface area contributed by atoms with Gasteiger partial charge in [-0.25, -0.2) is 4.98 Å². The maximum absolute atomic E-state index is 4.98. The van der Waals surface area contributed by atoms with E-state index in [1.165, 1.54) is 4.88 Å². The number of aromatic nitrogens is 6. The molecule has 0 unspecified atom stereocenters. The summed E-state index contributed by atoms with van der Waals surface area (Å²) in [5.41, 5.74) is 7.88. The van der Waals surface area contributed by atoms with E-state index in [0.29, 0.717) is 5.82 Å². The van der Waals surface area contributed by atoms with Crippen LogP contribution in [-0.2, 0) is 0 Å². The maximum Gasteiger partial charge on any atom is 0.159 e. The van der Waals surface area contributed by atoms with Crippen LogP contribution in [0.25, 0.3) is 39.3 Å². The predicted octanol–water partition coefficient (Wildman–Crippen LogP) is 6.19. The number of H-pyrrole nitrogens is 2. The van der Waals surface area contributed by atoms with Crippen molar-refractivity contribution < 1.29 is 0 Å². The van der Waals surface area contributed by atoms with Gasteiger partial charge in [0.2, 0.25) is 0 Å². The molecule has 8 nitrogen and oxygen atoms in total. The van der Waals surface area contributed by atoms with Crippen molar-refractivity contribution in [2.45, 2.75) is 13.8 Å². The molecular formula is C29H30N8S. The second-order valence-corrected chi connectivity index (χ2v) is 10.7. The number of aryl methyl sites for hydroxylation is 2. The quantitative estimate of drug-likeness (QED) is 0.200. The lowest BCUT2D eigenvalue weighted by molar-refractivity contribution is 0.447. The van der Waals surface area contributed by atoms with Gasteiger partial charge in [-0.2, -0.15) is 5.10 Å². The number of thiophene rings is 1. The zero-order chi connectivity index (χ0) is 26.8. The molecule has 0 saturated heterocycles. The molecule has 0 atom stereocenters. The highest BCUT2D eigenvalue weighted by Gasteiger charge is 2.19. The number of imidazole rings is 1. The summed E-state index contributed by atoms with van der Waals surface area (Å²) in [6.07, 6.45) is 9.18. The summed E-state index contributed by atoms with van der Waals surface area (Å²) in [5, 5.41) is 11.9. The van der Waals surface area contributed by atoms with Gasteiger partial charge in [-0.1, -0.05) is 25.3 Å². The van der Waals surface area contributed by atoms with E-state index in [4.69, 9.17) is 4.98 Å². The van der Waals surface area contributed by atoms with Gasteiger partial charge in [-0.3, -0.25) is 15.1 Å². The van der Waals surface area contributed by atoms with Crippen LogP contribution in [0.5, 0.6) is 0 Å². The Morgan fingerprint density at radius 2 is 2.00 bits per heavy atom. The highest BCUT2D eigenvalue weighted by molar-refractivity contribution is 7.13. The summed E-state index contributed by atoms with van der Waals surface area (Å²) in [6.45, 7) is 12.9. The molecule has 0 aliphatic rings. The Morgan fingerprint density at radius 3 is 2.74 bits per heavy atom. The lowest BCUT2D eigenvalue weighted by atomic mass is 10.1. The lowest BCUT2D eigenvalue weighted by Crippen LogP contribution is -2.18. The molecule has 0 aliphatic carbocycles. The van der Waals surface area contributed by atoms with Gasteiger partial charge in [-0.15, -0.1) is 11.3 Å². The fraction of sp³-hybridized carbons (Fsp3) is 0.172. The van der Waals surface area contributed by atoms with Crippen molar-refractivity contribution in [1.29, 1.82) is 0 Å². The predicted molar refractivity (Wildman–Crippen MR) is 157 cm³/mol. The monoisotopic (exact) mass is 522 g/mol. The van der Waals surface area contributed by atoms with Crippen LogP contribution < -0.4 is 5.32 Å². The Hall–Kier alpha value is -4.34. The maximum atomic E-state index is 4.98. The summed E-state index contributed by atoms with van der Waals surface area (Å²) >= 11 is 1.74. The van der Waals surface area contributed by atoms with E-state index < -0.39 is 0 Å². The van der Waals surface area contributed by atoms with Crippen molar-refractivity contribution in [2.24, 2.45) is 0 Å². The van der Waals surface area contributed by atoms with E-state index in [1.807, 2.05) is 39.2 Å². The highest BCUT2D eigenvalue weighted by atomic mass is 32.1. The zero-order valence-corrected chi connectivity index (χ0v) is 22.8. The third-order valence-corrected chi connectivity index (χ3v) is 7.00. The first kappa shape index (κ1) is 25.3. The molecular weight excluding hydrogens is 492 g/mol. The van der Waals surface area contributed by atoms with Crippen LogP contribution in [0, 0.1) is 13.8 Å². The van der Waals surface area contributed by atoms with Gasteiger partial charge in [0.25, 0.3) is 0 Å². The molecule has 5 rings (SSSR count). The molecule has 0 aromatic carbocycles. The summed E-state index contributed by atoms with van der Waals surface area (Å²) < 4.78 is 0. The van der Waals surface area contributed by atoms with Crippen LogP contribution in [0.2, 0.25) is 0 Å². The Bertz CT molecular complexity index is 1670. The van der Waals surface area contributed by atoms with Crippen molar-refractivity contribution in [3.05, 3.63) is 95.0 Å². The number of hydrogen-bond acceptors (Lipinski definition) is 7. The van der Waals surface area contributed by atoms with Gasteiger partial charge in [0.15, 0.2) is 5.82 Å². The van der Waals surface area contributed by atoms with E-state index in [1.54, 1.807) is 36.0 Å².